The summed E-state index contributed by atoms with van der Waals surface area (Å²) in [4.78, 5) is 6.15. The number of aromatic nitrogens is 1. The van der Waals surface area contributed by atoms with Gasteiger partial charge in [-0.25, -0.2) is 4.39 Å². The molecule has 1 fully saturated rings. The van der Waals surface area contributed by atoms with Gasteiger partial charge in [0.1, 0.15) is 5.82 Å². The van der Waals surface area contributed by atoms with E-state index in [1.54, 1.807) is 12.1 Å². The third-order valence-electron chi connectivity index (χ3n) is 7.12. The Morgan fingerprint density at radius 1 is 0.964 bits per heavy atom. The Morgan fingerprint density at radius 3 is 2.39 bits per heavy atom. The number of halogens is 1. The van der Waals surface area contributed by atoms with Crippen LogP contribution in [0.5, 0.6) is 0 Å². The maximum Gasteiger partial charge on any atom is 0.123 e. The van der Waals surface area contributed by atoms with Gasteiger partial charge in [0.15, 0.2) is 0 Å². The molecule has 0 bridgehead atoms. The molecule has 2 aliphatic rings. The van der Waals surface area contributed by atoms with E-state index in [1.807, 2.05) is 12.1 Å². The van der Waals surface area contributed by atoms with Gasteiger partial charge in [0.05, 0.1) is 4.75 Å². The molecule has 2 heterocycles. The molecular weight excluding hydrogens is 367 g/mol. The summed E-state index contributed by atoms with van der Waals surface area (Å²) >= 11 is 2.14. The summed E-state index contributed by atoms with van der Waals surface area (Å²) in [5.74, 6) is 1.04. The number of rotatable bonds is 2. The molecule has 5 rings (SSSR count). The highest BCUT2D eigenvalue weighted by Gasteiger charge is 2.48. The Morgan fingerprint density at radius 2 is 1.68 bits per heavy atom. The Kier molecular flexibility index (Phi) is 4.33. The van der Waals surface area contributed by atoms with Gasteiger partial charge in [0.2, 0.25) is 0 Å². The summed E-state index contributed by atoms with van der Waals surface area (Å²) in [6.07, 6.45) is 5.63. The molecule has 2 nitrogen and oxygen atoms in total. The lowest BCUT2D eigenvalue weighted by atomic mass is 9.70. The number of aryl methyl sites for hydroxylation is 1. The van der Waals surface area contributed by atoms with E-state index >= 15 is 0 Å². The maximum atomic E-state index is 13.5. The molecule has 2 aromatic carbocycles. The maximum absolute atomic E-state index is 13.5. The van der Waals surface area contributed by atoms with Crippen molar-refractivity contribution in [3.8, 4) is 0 Å². The fourth-order valence-corrected chi connectivity index (χ4v) is 6.99. The summed E-state index contributed by atoms with van der Waals surface area (Å²) in [5, 5.41) is 1.40. The van der Waals surface area contributed by atoms with E-state index < -0.39 is 0 Å². The first-order valence-electron chi connectivity index (χ1n) is 10.2. The highest BCUT2D eigenvalue weighted by Crippen LogP contribution is 2.57. The second-order valence-corrected chi connectivity index (χ2v) is 10.0. The molecule has 1 aromatic heterocycles. The zero-order valence-electron chi connectivity index (χ0n) is 16.6. The van der Waals surface area contributed by atoms with Crippen molar-refractivity contribution in [2.75, 3.05) is 19.8 Å². The molecule has 0 radical (unpaired) electrons. The van der Waals surface area contributed by atoms with Crippen LogP contribution in [0.1, 0.15) is 42.5 Å². The minimum absolute atomic E-state index is 0.0108. The van der Waals surface area contributed by atoms with Crippen LogP contribution in [-0.2, 0) is 16.7 Å². The number of H-pyrrole nitrogens is 1. The van der Waals surface area contributed by atoms with Gasteiger partial charge in [-0.1, -0.05) is 30.3 Å². The van der Waals surface area contributed by atoms with Gasteiger partial charge in [-0.3, -0.25) is 4.90 Å². The lowest BCUT2D eigenvalue weighted by molar-refractivity contribution is 0.0839. The lowest BCUT2D eigenvalue weighted by Crippen LogP contribution is -2.48. The second-order valence-electron chi connectivity index (χ2n) is 8.55. The molecule has 3 aromatic rings. The number of hydrogen-bond donors (Lipinski definition) is 1. The van der Waals surface area contributed by atoms with Crippen LogP contribution < -0.4 is 0 Å². The number of para-hydroxylation sites is 1. The average molecular weight is 395 g/mol. The Bertz CT molecular complexity index is 997. The molecule has 1 spiro atoms. The predicted molar refractivity (Wildman–Crippen MR) is 116 cm³/mol. The average Bonchev–Trinajstić information content (AvgIpc) is 3.10. The SMILES string of the molecule is CN(C)C1(c2ccc(F)cc2)CCC2(CC1)SCCc1c2[nH]c2ccccc12. The molecule has 1 aliphatic heterocycles. The smallest absolute Gasteiger partial charge is 0.123 e. The van der Waals surface area contributed by atoms with E-state index in [0.717, 1.165) is 32.1 Å². The molecule has 0 saturated heterocycles. The van der Waals surface area contributed by atoms with E-state index in [1.165, 1.54) is 33.5 Å². The highest BCUT2D eigenvalue weighted by atomic mass is 32.2. The highest BCUT2D eigenvalue weighted by molar-refractivity contribution is 8.00. The Balaban J connectivity index is 1.52. The van der Waals surface area contributed by atoms with Crippen LogP contribution in [0.15, 0.2) is 48.5 Å². The van der Waals surface area contributed by atoms with Gasteiger partial charge < -0.3 is 4.98 Å². The number of nitrogens with one attached hydrogen (secondary N) is 1. The summed E-state index contributed by atoms with van der Waals surface area (Å²) in [7, 11) is 4.34. The molecular formula is C24H27FN2S. The molecule has 0 unspecified atom stereocenters. The number of nitrogens with zero attached hydrogens (tertiary/aromatic N) is 1. The fraction of sp³-hybridized carbons (Fsp3) is 0.417. The Labute approximate surface area is 170 Å². The zero-order valence-corrected chi connectivity index (χ0v) is 17.4. The van der Waals surface area contributed by atoms with Crippen molar-refractivity contribution in [2.24, 2.45) is 0 Å². The van der Waals surface area contributed by atoms with Crippen molar-refractivity contribution in [2.45, 2.75) is 42.4 Å². The van der Waals surface area contributed by atoms with Crippen molar-refractivity contribution in [1.29, 1.82) is 0 Å². The molecule has 4 heteroatoms. The topological polar surface area (TPSA) is 19.0 Å². The van der Waals surface area contributed by atoms with E-state index in [4.69, 9.17) is 0 Å². The van der Waals surface area contributed by atoms with Gasteiger partial charge in [0.25, 0.3) is 0 Å². The minimum atomic E-state index is -0.157. The zero-order chi connectivity index (χ0) is 19.4. The van der Waals surface area contributed by atoms with E-state index in [0.29, 0.717) is 0 Å². The van der Waals surface area contributed by atoms with Crippen LogP contribution in [0, 0.1) is 5.82 Å². The first-order valence-corrected chi connectivity index (χ1v) is 11.2. The van der Waals surface area contributed by atoms with Crippen LogP contribution in [0.25, 0.3) is 10.9 Å². The molecule has 28 heavy (non-hydrogen) atoms. The fourth-order valence-electron chi connectivity index (χ4n) is 5.49. The summed E-state index contributed by atoms with van der Waals surface area (Å²) in [6.45, 7) is 0. The lowest BCUT2D eigenvalue weighted by Gasteiger charge is -2.50. The summed E-state index contributed by atoms with van der Waals surface area (Å²) in [6, 6.07) is 15.9. The minimum Gasteiger partial charge on any atom is -0.357 e. The van der Waals surface area contributed by atoms with Crippen molar-refractivity contribution in [1.82, 2.24) is 9.88 Å². The van der Waals surface area contributed by atoms with Crippen molar-refractivity contribution in [3.63, 3.8) is 0 Å². The number of thioether (sulfide) groups is 1. The largest absolute Gasteiger partial charge is 0.357 e. The van der Waals surface area contributed by atoms with Crippen molar-refractivity contribution in [3.05, 3.63) is 71.2 Å². The number of fused-ring (bicyclic) bond motifs is 4. The molecule has 1 aliphatic carbocycles. The first kappa shape index (κ1) is 18.3. The summed E-state index contributed by atoms with van der Waals surface area (Å²) in [5.41, 5.74) is 5.51. The van der Waals surface area contributed by atoms with Gasteiger partial charge in [-0.2, -0.15) is 0 Å². The first-order chi connectivity index (χ1) is 13.5. The van der Waals surface area contributed by atoms with Crippen LogP contribution >= 0.6 is 11.8 Å². The van der Waals surface area contributed by atoms with Crippen molar-refractivity contribution < 1.29 is 4.39 Å². The monoisotopic (exact) mass is 394 g/mol. The van der Waals surface area contributed by atoms with Crippen LogP contribution in [0.3, 0.4) is 0 Å². The van der Waals surface area contributed by atoms with E-state index in [2.05, 4.69) is 60.0 Å². The molecule has 146 valence electrons. The standard InChI is InChI=1S/C24H27FN2S/c1-27(2)23(17-7-9-18(25)10-8-17)12-14-24(15-13-23)22-20(11-16-28-24)19-5-3-4-6-21(19)26-22/h3-10,26H,11-16H2,1-2H3. The summed E-state index contributed by atoms with van der Waals surface area (Å²) < 4.78 is 13.7. The molecule has 1 N–H and O–H groups in total. The molecule has 1 saturated carbocycles. The molecule has 0 amide bonds. The number of hydrogen-bond acceptors (Lipinski definition) is 2. The van der Waals surface area contributed by atoms with Crippen LogP contribution in [0.2, 0.25) is 0 Å². The van der Waals surface area contributed by atoms with Crippen molar-refractivity contribution >= 4 is 22.7 Å². The van der Waals surface area contributed by atoms with Gasteiger partial charge in [-0.15, -0.1) is 11.8 Å². The Hall–Kier alpha value is -1.78. The number of aromatic amines is 1. The number of benzene rings is 2. The molecule has 0 atom stereocenters. The third kappa shape index (κ3) is 2.65. The predicted octanol–water partition coefficient (Wildman–Crippen LogP) is 5.82. The van der Waals surface area contributed by atoms with Gasteiger partial charge >= 0.3 is 0 Å². The third-order valence-corrected chi connectivity index (χ3v) is 8.70. The van der Waals surface area contributed by atoms with Gasteiger partial charge in [-0.05, 0) is 81.3 Å². The normalized spacial score (nSPS) is 27.4. The second kappa shape index (κ2) is 6.64. The van der Waals surface area contributed by atoms with Crippen LogP contribution in [-0.4, -0.2) is 29.7 Å². The van der Waals surface area contributed by atoms with E-state index in [9.17, 15) is 4.39 Å². The van der Waals surface area contributed by atoms with Gasteiger partial charge in [0, 0.05) is 22.1 Å². The van der Waals surface area contributed by atoms with E-state index in [-0.39, 0.29) is 16.1 Å². The van der Waals surface area contributed by atoms with Crippen LogP contribution in [0.4, 0.5) is 4.39 Å². The quantitative estimate of drug-likeness (QED) is 0.590.